The van der Waals surface area contributed by atoms with E-state index in [-0.39, 0.29) is 12.3 Å². The number of rotatable bonds is 6. The SMILES string of the molecule is CCc1ccc(C(=O)CN2C(=O)NC(c3ccc(C)cc3)(c3ccc(C)cc3)C2=O)cc1. The molecule has 5 heteroatoms. The Morgan fingerprint density at radius 3 is 1.78 bits per heavy atom. The van der Waals surface area contributed by atoms with Crippen molar-refractivity contribution >= 4 is 17.7 Å². The summed E-state index contributed by atoms with van der Waals surface area (Å²) in [6.07, 6.45) is 0.872. The molecule has 0 bridgehead atoms. The lowest BCUT2D eigenvalue weighted by atomic mass is 9.82. The van der Waals surface area contributed by atoms with Crippen LogP contribution in [0, 0.1) is 13.8 Å². The van der Waals surface area contributed by atoms with Crippen LogP contribution in [0.4, 0.5) is 4.79 Å². The summed E-state index contributed by atoms with van der Waals surface area (Å²) in [6.45, 7) is 5.66. The number of urea groups is 1. The van der Waals surface area contributed by atoms with Crippen LogP contribution in [0.5, 0.6) is 0 Å². The topological polar surface area (TPSA) is 66.5 Å². The zero-order valence-corrected chi connectivity index (χ0v) is 18.5. The fourth-order valence-corrected chi connectivity index (χ4v) is 4.05. The molecule has 1 aliphatic rings. The van der Waals surface area contributed by atoms with Gasteiger partial charge in [-0.2, -0.15) is 0 Å². The largest absolute Gasteiger partial charge is 0.325 e. The highest BCUT2D eigenvalue weighted by molar-refractivity contribution is 6.13. The minimum Gasteiger partial charge on any atom is -0.315 e. The molecule has 1 N–H and O–H groups in total. The van der Waals surface area contributed by atoms with E-state index in [4.69, 9.17) is 0 Å². The Hall–Kier alpha value is -3.73. The van der Waals surface area contributed by atoms with Crippen LogP contribution in [0.2, 0.25) is 0 Å². The number of nitrogens with zero attached hydrogens (tertiary/aromatic N) is 1. The van der Waals surface area contributed by atoms with E-state index < -0.39 is 17.5 Å². The van der Waals surface area contributed by atoms with Crippen molar-refractivity contribution in [2.45, 2.75) is 32.7 Å². The van der Waals surface area contributed by atoms with Crippen LogP contribution in [0.25, 0.3) is 0 Å². The molecule has 32 heavy (non-hydrogen) atoms. The Morgan fingerprint density at radius 1 is 0.812 bits per heavy atom. The predicted molar refractivity (Wildman–Crippen MR) is 124 cm³/mol. The van der Waals surface area contributed by atoms with Crippen molar-refractivity contribution in [3.05, 3.63) is 106 Å². The molecule has 3 aromatic rings. The highest BCUT2D eigenvalue weighted by atomic mass is 16.2. The molecule has 4 rings (SSSR count). The van der Waals surface area contributed by atoms with Crippen LogP contribution < -0.4 is 5.32 Å². The molecule has 0 radical (unpaired) electrons. The first-order valence-electron chi connectivity index (χ1n) is 10.8. The fraction of sp³-hybridized carbons (Fsp3) is 0.222. The summed E-state index contributed by atoms with van der Waals surface area (Å²) >= 11 is 0. The first-order valence-corrected chi connectivity index (χ1v) is 10.8. The smallest absolute Gasteiger partial charge is 0.315 e. The molecule has 162 valence electrons. The van der Waals surface area contributed by atoms with Gasteiger partial charge in [0.2, 0.25) is 0 Å². The number of nitrogens with one attached hydrogen (secondary N) is 1. The first kappa shape index (κ1) is 21.5. The van der Waals surface area contributed by atoms with Gasteiger partial charge in [0.15, 0.2) is 11.3 Å². The van der Waals surface area contributed by atoms with E-state index in [1.54, 1.807) is 12.1 Å². The summed E-state index contributed by atoms with van der Waals surface area (Å²) in [4.78, 5) is 40.7. The van der Waals surface area contributed by atoms with Crippen molar-refractivity contribution in [1.82, 2.24) is 10.2 Å². The van der Waals surface area contributed by atoms with E-state index in [9.17, 15) is 14.4 Å². The molecular weight excluding hydrogens is 400 g/mol. The van der Waals surface area contributed by atoms with E-state index >= 15 is 0 Å². The predicted octanol–water partition coefficient (Wildman–Crippen LogP) is 4.54. The highest BCUT2D eigenvalue weighted by Gasteiger charge is 2.54. The van der Waals surface area contributed by atoms with Crippen molar-refractivity contribution in [2.24, 2.45) is 0 Å². The standard InChI is InChI=1S/C27H26N2O3/c1-4-20-9-11-21(12-10-20)24(30)17-29-25(31)27(28-26(29)32,22-13-5-18(2)6-14-22)23-15-7-19(3)8-16-23/h5-16H,4,17H2,1-3H3,(H,28,32). The second-order valence-corrected chi connectivity index (χ2v) is 8.28. The molecule has 0 saturated carbocycles. The Bertz CT molecular complexity index is 1120. The Kier molecular flexibility index (Phi) is 5.66. The average molecular weight is 427 g/mol. The number of hydrogen-bond donors (Lipinski definition) is 1. The van der Waals surface area contributed by atoms with Crippen LogP contribution in [-0.4, -0.2) is 29.2 Å². The lowest BCUT2D eigenvalue weighted by Crippen LogP contribution is -2.45. The van der Waals surface area contributed by atoms with Crippen LogP contribution in [-0.2, 0) is 16.8 Å². The zero-order valence-electron chi connectivity index (χ0n) is 18.5. The Balaban J connectivity index is 1.71. The molecule has 1 heterocycles. The van der Waals surface area contributed by atoms with E-state index in [0.717, 1.165) is 28.0 Å². The number of ketones is 1. The summed E-state index contributed by atoms with van der Waals surface area (Å²) in [5, 5.41) is 2.90. The van der Waals surface area contributed by atoms with Gasteiger partial charge in [-0.1, -0.05) is 90.8 Å². The van der Waals surface area contributed by atoms with Gasteiger partial charge in [-0.05, 0) is 37.0 Å². The van der Waals surface area contributed by atoms with Crippen LogP contribution >= 0.6 is 0 Å². The van der Waals surface area contributed by atoms with E-state index in [0.29, 0.717) is 16.7 Å². The Labute approximate surface area is 188 Å². The van der Waals surface area contributed by atoms with E-state index in [1.165, 1.54) is 0 Å². The van der Waals surface area contributed by atoms with Crippen LogP contribution in [0.1, 0.15) is 45.1 Å². The number of hydrogen-bond acceptors (Lipinski definition) is 3. The molecule has 0 unspecified atom stereocenters. The molecule has 0 atom stereocenters. The number of benzene rings is 3. The summed E-state index contributed by atoms with van der Waals surface area (Å²) < 4.78 is 0. The molecule has 3 amide bonds. The van der Waals surface area contributed by atoms with Crippen LogP contribution in [0.3, 0.4) is 0 Å². The second kappa shape index (κ2) is 8.42. The Morgan fingerprint density at radius 2 is 1.31 bits per heavy atom. The van der Waals surface area contributed by atoms with Gasteiger partial charge in [-0.25, -0.2) is 4.79 Å². The van der Waals surface area contributed by atoms with Gasteiger partial charge in [-0.15, -0.1) is 0 Å². The molecule has 1 saturated heterocycles. The van der Waals surface area contributed by atoms with Crippen LogP contribution in [0.15, 0.2) is 72.8 Å². The van der Waals surface area contributed by atoms with Gasteiger partial charge in [0.1, 0.15) is 0 Å². The number of imide groups is 1. The van der Waals surface area contributed by atoms with Gasteiger partial charge in [0.05, 0.1) is 6.54 Å². The maximum Gasteiger partial charge on any atom is 0.325 e. The maximum absolute atomic E-state index is 13.8. The number of aryl methyl sites for hydroxylation is 3. The molecule has 1 aliphatic heterocycles. The van der Waals surface area contributed by atoms with Crippen molar-refractivity contribution in [2.75, 3.05) is 6.54 Å². The van der Waals surface area contributed by atoms with Crippen molar-refractivity contribution in [3.63, 3.8) is 0 Å². The lowest BCUT2D eigenvalue weighted by Gasteiger charge is -2.28. The van der Waals surface area contributed by atoms with Crippen molar-refractivity contribution < 1.29 is 14.4 Å². The van der Waals surface area contributed by atoms with E-state index in [1.807, 2.05) is 81.4 Å². The minimum absolute atomic E-state index is 0.278. The minimum atomic E-state index is -1.37. The normalized spacial score (nSPS) is 15.0. The molecule has 0 aliphatic carbocycles. The summed E-state index contributed by atoms with van der Waals surface area (Å²) in [6, 6.07) is 21.7. The van der Waals surface area contributed by atoms with Crippen molar-refractivity contribution in [3.8, 4) is 0 Å². The average Bonchev–Trinajstić information content (AvgIpc) is 3.05. The van der Waals surface area contributed by atoms with Gasteiger partial charge in [0.25, 0.3) is 5.91 Å². The third-order valence-electron chi connectivity index (χ3n) is 6.06. The first-order chi connectivity index (χ1) is 15.3. The number of carbonyl (C=O) groups is 3. The van der Waals surface area contributed by atoms with Gasteiger partial charge < -0.3 is 5.32 Å². The zero-order chi connectivity index (χ0) is 22.9. The number of carbonyl (C=O) groups excluding carboxylic acids is 3. The second-order valence-electron chi connectivity index (χ2n) is 8.28. The summed E-state index contributed by atoms with van der Waals surface area (Å²) in [5.41, 5.74) is 3.64. The summed E-state index contributed by atoms with van der Waals surface area (Å²) in [5.74, 6) is -0.728. The molecule has 5 nitrogen and oxygen atoms in total. The van der Waals surface area contributed by atoms with Gasteiger partial charge >= 0.3 is 6.03 Å². The maximum atomic E-state index is 13.8. The third kappa shape index (κ3) is 3.71. The van der Waals surface area contributed by atoms with Gasteiger partial charge in [-0.3, -0.25) is 14.5 Å². The highest BCUT2D eigenvalue weighted by Crippen LogP contribution is 2.36. The number of Topliss-reactive ketones (excluding diaryl/α,β-unsaturated/α-hetero) is 1. The van der Waals surface area contributed by atoms with E-state index in [2.05, 4.69) is 5.32 Å². The molecular formula is C27H26N2O3. The fourth-order valence-electron chi connectivity index (χ4n) is 4.05. The monoisotopic (exact) mass is 426 g/mol. The molecule has 3 aromatic carbocycles. The lowest BCUT2D eigenvalue weighted by molar-refractivity contribution is -0.129. The molecule has 0 aromatic heterocycles. The molecule has 1 fully saturated rings. The quantitative estimate of drug-likeness (QED) is 0.465. The molecule has 0 spiro atoms. The van der Waals surface area contributed by atoms with Crippen molar-refractivity contribution in [1.29, 1.82) is 0 Å². The van der Waals surface area contributed by atoms with Gasteiger partial charge in [0, 0.05) is 5.56 Å². The number of amides is 3. The third-order valence-corrected chi connectivity index (χ3v) is 6.06. The summed E-state index contributed by atoms with van der Waals surface area (Å²) in [7, 11) is 0.